The predicted molar refractivity (Wildman–Crippen MR) is 134 cm³/mol. The first kappa shape index (κ1) is 23.4. The molecule has 9 nitrogen and oxygen atoms in total. The van der Waals surface area contributed by atoms with Crippen molar-refractivity contribution in [1.29, 1.82) is 0 Å². The summed E-state index contributed by atoms with van der Waals surface area (Å²) in [7, 11) is 0. The molecule has 2 aromatic rings. The third-order valence-electron chi connectivity index (χ3n) is 7.87. The Kier molecular flexibility index (Phi) is 5.77. The minimum absolute atomic E-state index is 0.0491. The Hall–Kier alpha value is -2.95. The van der Waals surface area contributed by atoms with Crippen molar-refractivity contribution in [1.82, 2.24) is 24.8 Å². The van der Waals surface area contributed by atoms with E-state index < -0.39 is 11.4 Å². The van der Waals surface area contributed by atoms with Crippen LogP contribution in [0.2, 0.25) is 0 Å². The molecule has 0 spiro atoms. The molecular formula is C26H32FN7O2. The number of nitrogens with zero attached hydrogens (tertiary/aromatic N) is 6. The molecule has 0 bridgehead atoms. The quantitative estimate of drug-likeness (QED) is 0.640. The number of hydrogen-bond donors (Lipinski definition) is 2. The van der Waals surface area contributed by atoms with E-state index >= 15 is 0 Å². The number of fused-ring (bicyclic) bond motifs is 1. The van der Waals surface area contributed by atoms with Gasteiger partial charge in [0.05, 0.1) is 35.4 Å². The van der Waals surface area contributed by atoms with Gasteiger partial charge in [-0.1, -0.05) is 23.5 Å². The Morgan fingerprint density at radius 3 is 2.86 bits per heavy atom. The smallest absolute Gasteiger partial charge is 0.251 e. The number of halogens is 1. The lowest BCUT2D eigenvalue weighted by Gasteiger charge is -2.37. The van der Waals surface area contributed by atoms with E-state index in [9.17, 15) is 14.3 Å². The second-order valence-electron chi connectivity index (χ2n) is 10.7. The van der Waals surface area contributed by atoms with Gasteiger partial charge in [0.25, 0.3) is 5.56 Å². The number of rotatable bonds is 6. The standard InChI is InChI=1S/C26H32FN7O2/c1-16(2)34-22-5-3-17(11-21(22)30-31-34)12-28-18-7-9-32(10-8-18)14-26(36)15-33-23(35)6-4-20-25(33)24(26)19(27)13-29-20/h3-6,11,13,16,18,21-22,28,36H,7-10,12,14-15H2,1-2H3/t21?,22?,26-/m0/s1. The highest BCUT2D eigenvalue weighted by Crippen LogP contribution is 2.38. The average Bonchev–Trinajstić information content (AvgIpc) is 3.42. The van der Waals surface area contributed by atoms with Gasteiger partial charge in [0.1, 0.15) is 17.5 Å². The summed E-state index contributed by atoms with van der Waals surface area (Å²) in [6.45, 7) is 6.94. The second-order valence-corrected chi connectivity index (χ2v) is 10.7. The molecule has 1 aliphatic carbocycles. The summed E-state index contributed by atoms with van der Waals surface area (Å²) in [5.41, 5.74) is 0.661. The van der Waals surface area contributed by atoms with Crippen molar-refractivity contribution in [3.8, 4) is 0 Å². The van der Waals surface area contributed by atoms with Gasteiger partial charge in [0, 0.05) is 31.2 Å². The zero-order chi connectivity index (χ0) is 25.0. The van der Waals surface area contributed by atoms with Crippen LogP contribution in [0.4, 0.5) is 4.39 Å². The van der Waals surface area contributed by atoms with E-state index in [0.29, 0.717) is 23.1 Å². The van der Waals surface area contributed by atoms with E-state index in [1.165, 1.54) is 16.2 Å². The normalized spacial score (nSPS) is 27.9. The minimum atomic E-state index is -1.45. The van der Waals surface area contributed by atoms with Crippen molar-refractivity contribution < 1.29 is 9.50 Å². The van der Waals surface area contributed by atoms with Gasteiger partial charge < -0.3 is 15.0 Å². The van der Waals surface area contributed by atoms with Crippen molar-refractivity contribution in [2.45, 2.75) is 63.0 Å². The van der Waals surface area contributed by atoms with E-state index in [4.69, 9.17) is 0 Å². The lowest BCUT2D eigenvalue weighted by atomic mass is 9.93. The van der Waals surface area contributed by atoms with Gasteiger partial charge in [-0.15, -0.1) is 0 Å². The topological polar surface area (TPSA) is 98.4 Å². The molecule has 1 fully saturated rings. The third-order valence-corrected chi connectivity index (χ3v) is 7.87. The molecular weight excluding hydrogens is 461 g/mol. The van der Waals surface area contributed by atoms with Gasteiger partial charge in [-0.3, -0.25) is 19.7 Å². The molecule has 10 heteroatoms. The fraction of sp³-hybridized carbons (Fsp3) is 0.538. The highest BCUT2D eigenvalue weighted by atomic mass is 19.1. The largest absolute Gasteiger partial charge is 0.382 e. The van der Waals surface area contributed by atoms with Gasteiger partial charge in [-0.2, -0.15) is 5.11 Å². The van der Waals surface area contributed by atoms with Gasteiger partial charge in [0.2, 0.25) is 0 Å². The number of aromatic nitrogens is 2. The number of nitrogens with one attached hydrogen (secondary N) is 1. The first-order valence-corrected chi connectivity index (χ1v) is 12.8. The number of piperidine rings is 1. The van der Waals surface area contributed by atoms with E-state index in [1.807, 2.05) is 5.01 Å². The zero-order valence-corrected chi connectivity index (χ0v) is 20.6. The Morgan fingerprint density at radius 2 is 2.08 bits per heavy atom. The van der Waals surface area contributed by atoms with E-state index in [2.05, 4.69) is 57.6 Å². The first-order valence-electron chi connectivity index (χ1n) is 12.8. The molecule has 3 atom stereocenters. The van der Waals surface area contributed by atoms with Crippen LogP contribution >= 0.6 is 0 Å². The molecule has 1 saturated heterocycles. The van der Waals surface area contributed by atoms with Crippen LogP contribution in [0.25, 0.3) is 11.0 Å². The lowest BCUT2D eigenvalue weighted by Crippen LogP contribution is -2.49. The number of β-amino-alcohol motifs (C(OH)–C–C–N with tert-alkyl or cyclic N) is 1. The van der Waals surface area contributed by atoms with Gasteiger partial charge in [-0.25, -0.2) is 4.39 Å². The SMILES string of the molecule is CC(C)N1N=NC2C=C(CNC3CCN(C[C@]4(O)Cn5c(=O)ccc6ncc(F)c4c65)CC3)C=CC21. The van der Waals surface area contributed by atoms with Crippen LogP contribution in [0.5, 0.6) is 0 Å². The number of pyridine rings is 2. The molecule has 36 heavy (non-hydrogen) atoms. The van der Waals surface area contributed by atoms with Crippen LogP contribution in [0.1, 0.15) is 32.3 Å². The Balaban J connectivity index is 1.05. The molecule has 0 amide bonds. The van der Waals surface area contributed by atoms with Gasteiger partial charge in [0.15, 0.2) is 0 Å². The van der Waals surface area contributed by atoms with Crippen molar-refractivity contribution in [2.75, 3.05) is 26.2 Å². The van der Waals surface area contributed by atoms with Crippen molar-refractivity contribution in [3.05, 3.63) is 63.9 Å². The maximum absolute atomic E-state index is 14.8. The fourth-order valence-corrected chi connectivity index (χ4v) is 6.04. The van der Waals surface area contributed by atoms with Crippen LogP contribution in [0.3, 0.4) is 0 Å². The molecule has 6 rings (SSSR count). The molecule has 2 N–H and O–H groups in total. The summed E-state index contributed by atoms with van der Waals surface area (Å²) < 4.78 is 16.3. The van der Waals surface area contributed by atoms with Crippen LogP contribution in [-0.2, 0) is 12.1 Å². The van der Waals surface area contributed by atoms with Crippen LogP contribution in [0, 0.1) is 5.82 Å². The molecule has 0 aromatic carbocycles. The number of aliphatic hydroxyl groups is 1. The molecule has 190 valence electrons. The van der Waals surface area contributed by atoms with Gasteiger partial charge >= 0.3 is 0 Å². The van der Waals surface area contributed by atoms with Gasteiger partial charge in [-0.05, 0) is 51.4 Å². The second kappa shape index (κ2) is 8.86. The molecule has 2 unspecified atom stereocenters. The third kappa shape index (κ3) is 3.97. The first-order chi connectivity index (χ1) is 17.3. The fourth-order valence-electron chi connectivity index (χ4n) is 6.04. The van der Waals surface area contributed by atoms with Crippen LogP contribution in [0.15, 0.2) is 57.3 Å². The zero-order valence-electron chi connectivity index (χ0n) is 20.6. The molecule has 4 aliphatic rings. The minimum Gasteiger partial charge on any atom is -0.382 e. The summed E-state index contributed by atoms with van der Waals surface area (Å²) >= 11 is 0. The summed E-state index contributed by atoms with van der Waals surface area (Å²) in [6, 6.07) is 4.00. The maximum Gasteiger partial charge on any atom is 0.251 e. The lowest BCUT2D eigenvalue weighted by molar-refractivity contribution is -0.0158. The average molecular weight is 494 g/mol. The van der Waals surface area contributed by atoms with Crippen LogP contribution < -0.4 is 10.9 Å². The molecule has 0 saturated carbocycles. The van der Waals surface area contributed by atoms with Crippen LogP contribution in [-0.4, -0.2) is 74.9 Å². The monoisotopic (exact) mass is 493 g/mol. The summed E-state index contributed by atoms with van der Waals surface area (Å²) in [4.78, 5) is 18.7. The predicted octanol–water partition coefficient (Wildman–Crippen LogP) is 2.12. The maximum atomic E-state index is 14.8. The molecule has 5 heterocycles. The summed E-state index contributed by atoms with van der Waals surface area (Å²) in [6.07, 6.45) is 9.59. The molecule has 3 aliphatic heterocycles. The van der Waals surface area contributed by atoms with Crippen molar-refractivity contribution >= 4 is 11.0 Å². The van der Waals surface area contributed by atoms with Crippen molar-refractivity contribution in [2.24, 2.45) is 10.3 Å². The highest BCUT2D eigenvalue weighted by Gasteiger charge is 2.43. The highest BCUT2D eigenvalue weighted by molar-refractivity contribution is 5.81. The van der Waals surface area contributed by atoms with E-state index in [-0.39, 0.29) is 36.3 Å². The summed E-state index contributed by atoms with van der Waals surface area (Å²) in [5.74, 6) is -0.562. The van der Waals surface area contributed by atoms with E-state index in [1.54, 1.807) is 6.07 Å². The Bertz CT molecular complexity index is 1330. The number of likely N-dealkylation sites (tertiary alicyclic amines) is 1. The molecule has 2 aromatic heterocycles. The van der Waals surface area contributed by atoms with E-state index in [0.717, 1.165) is 38.7 Å². The Labute approximate surface area is 209 Å². The number of hydrogen-bond acceptors (Lipinski definition) is 8. The summed E-state index contributed by atoms with van der Waals surface area (Å²) in [5, 5.41) is 26.0. The Morgan fingerprint density at radius 1 is 1.28 bits per heavy atom. The molecule has 0 radical (unpaired) electrons. The van der Waals surface area contributed by atoms with Crippen molar-refractivity contribution in [3.63, 3.8) is 0 Å².